The summed E-state index contributed by atoms with van der Waals surface area (Å²) in [6.45, 7) is 1.08. The average molecular weight is 367 g/mol. The molecule has 4 nitrogen and oxygen atoms in total. The van der Waals surface area contributed by atoms with Crippen molar-refractivity contribution in [1.29, 1.82) is 0 Å². The highest BCUT2D eigenvalue weighted by Crippen LogP contribution is 2.32. The van der Waals surface area contributed by atoms with Gasteiger partial charge in [0.05, 0.1) is 13.7 Å². The predicted octanol–water partition coefficient (Wildman–Crippen LogP) is 4.51. The van der Waals surface area contributed by atoms with Gasteiger partial charge in [-0.1, -0.05) is 43.5 Å². The Labute approximate surface area is 162 Å². The number of benzene rings is 2. The summed E-state index contributed by atoms with van der Waals surface area (Å²) in [5.41, 5.74) is 3.50. The zero-order chi connectivity index (χ0) is 18.9. The van der Waals surface area contributed by atoms with E-state index in [0.29, 0.717) is 12.5 Å². The fourth-order valence-corrected chi connectivity index (χ4v) is 3.71. The predicted molar refractivity (Wildman–Crippen MR) is 110 cm³/mol. The summed E-state index contributed by atoms with van der Waals surface area (Å²) in [5.74, 6) is 1.55. The van der Waals surface area contributed by atoms with Crippen LogP contribution in [0, 0.1) is 0 Å². The Hall–Kier alpha value is -2.33. The van der Waals surface area contributed by atoms with E-state index >= 15 is 0 Å². The zero-order valence-electron chi connectivity index (χ0n) is 16.2. The van der Waals surface area contributed by atoms with Crippen molar-refractivity contribution in [2.75, 3.05) is 25.5 Å². The molecule has 0 aromatic heterocycles. The number of rotatable bonds is 8. The molecule has 0 aliphatic heterocycles. The molecule has 3 rings (SSSR count). The van der Waals surface area contributed by atoms with E-state index in [9.17, 15) is 4.79 Å². The Morgan fingerprint density at radius 2 is 1.70 bits per heavy atom. The normalized spacial score (nSPS) is 14.7. The topological polar surface area (TPSA) is 50.4 Å². The van der Waals surface area contributed by atoms with Crippen molar-refractivity contribution < 1.29 is 9.53 Å². The van der Waals surface area contributed by atoms with Gasteiger partial charge in [0, 0.05) is 5.69 Å². The number of methoxy groups -OCH3 is 1. The standard InChI is InChI=1S/C23H30N2O2/c1-27-22-13-7-18(8-14-22)15-16-24-17-23(26)25-21-11-9-20(10-12-21)19-5-3-2-4-6-19/h7-14,19,24H,2-6,15-17H2,1H3,(H,25,26). The first-order valence-corrected chi connectivity index (χ1v) is 9.98. The number of nitrogens with one attached hydrogen (secondary N) is 2. The van der Waals surface area contributed by atoms with Crippen LogP contribution in [0.1, 0.15) is 49.1 Å². The molecule has 2 N–H and O–H groups in total. The second-order valence-electron chi connectivity index (χ2n) is 7.28. The third kappa shape index (κ3) is 6.10. The Balaban J connectivity index is 1.37. The molecule has 1 amide bonds. The molecule has 0 bridgehead atoms. The lowest BCUT2D eigenvalue weighted by atomic mass is 9.84. The highest BCUT2D eigenvalue weighted by molar-refractivity contribution is 5.92. The Bertz CT molecular complexity index is 704. The second kappa shape index (κ2) is 10.1. The van der Waals surface area contributed by atoms with Crippen molar-refractivity contribution in [3.05, 3.63) is 59.7 Å². The van der Waals surface area contributed by atoms with Crippen LogP contribution >= 0.6 is 0 Å². The molecule has 0 unspecified atom stereocenters. The molecule has 0 heterocycles. The molecule has 1 saturated carbocycles. The summed E-state index contributed by atoms with van der Waals surface area (Å²) >= 11 is 0. The van der Waals surface area contributed by atoms with Gasteiger partial charge in [0.25, 0.3) is 0 Å². The van der Waals surface area contributed by atoms with Gasteiger partial charge >= 0.3 is 0 Å². The SMILES string of the molecule is COc1ccc(CCNCC(=O)Nc2ccc(C3CCCCC3)cc2)cc1. The van der Waals surface area contributed by atoms with E-state index in [1.54, 1.807) is 7.11 Å². The second-order valence-corrected chi connectivity index (χ2v) is 7.28. The van der Waals surface area contributed by atoms with E-state index in [1.165, 1.54) is 43.2 Å². The maximum atomic E-state index is 12.1. The molecule has 4 heteroatoms. The van der Waals surface area contributed by atoms with Crippen LogP contribution < -0.4 is 15.4 Å². The molecule has 0 spiro atoms. The number of amides is 1. The highest BCUT2D eigenvalue weighted by atomic mass is 16.5. The third-order valence-electron chi connectivity index (χ3n) is 5.31. The van der Waals surface area contributed by atoms with Gasteiger partial charge in [-0.25, -0.2) is 0 Å². The monoisotopic (exact) mass is 366 g/mol. The van der Waals surface area contributed by atoms with Crippen molar-refractivity contribution in [1.82, 2.24) is 5.32 Å². The van der Waals surface area contributed by atoms with E-state index in [1.807, 2.05) is 24.3 Å². The highest BCUT2D eigenvalue weighted by Gasteiger charge is 2.15. The van der Waals surface area contributed by atoms with Crippen molar-refractivity contribution in [2.45, 2.75) is 44.4 Å². The minimum atomic E-state index is -0.00449. The fraction of sp³-hybridized carbons (Fsp3) is 0.435. The summed E-state index contributed by atoms with van der Waals surface area (Å²) in [6, 6.07) is 16.4. The average Bonchev–Trinajstić information content (AvgIpc) is 2.73. The van der Waals surface area contributed by atoms with Gasteiger partial charge in [0.2, 0.25) is 5.91 Å². The van der Waals surface area contributed by atoms with Crippen molar-refractivity contribution in [2.24, 2.45) is 0 Å². The van der Waals surface area contributed by atoms with Gasteiger partial charge in [-0.2, -0.15) is 0 Å². The molecule has 0 atom stereocenters. The molecule has 2 aromatic carbocycles. The number of carbonyl (C=O) groups is 1. The molecular weight excluding hydrogens is 336 g/mol. The van der Waals surface area contributed by atoms with Gasteiger partial charge in [-0.3, -0.25) is 4.79 Å². The van der Waals surface area contributed by atoms with Crippen LogP contribution in [0.4, 0.5) is 5.69 Å². The summed E-state index contributed by atoms with van der Waals surface area (Å²) in [7, 11) is 1.67. The van der Waals surface area contributed by atoms with Crippen LogP contribution in [0.5, 0.6) is 5.75 Å². The van der Waals surface area contributed by atoms with E-state index in [4.69, 9.17) is 4.74 Å². The van der Waals surface area contributed by atoms with Crippen LogP contribution in [0.25, 0.3) is 0 Å². The lowest BCUT2D eigenvalue weighted by molar-refractivity contribution is -0.115. The van der Waals surface area contributed by atoms with E-state index in [-0.39, 0.29) is 5.91 Å². The summed E-state index contributed by atoms with van der Waals surface area (Å²) in [6.07, 6.45) is 7.52. The van der Waals surface area contributed by atoms with E-state index in [0.717, 1.165) is 24.4 Å². The summed E-state index contributed by atoms with van der Waals surface area (Å²) < 4.78 is 5.16. The lowest BCUT2D eigenvalue weighted by Gasteiger charge is -2.22. The van der Waals surface area contributed by atoms with Crippen LogP contribution in [0.15, 0.2) is 48.5 Å². The van der Waals surface area contributed by atoms with E-state index < -0.39 is 0 Å². The Morgan fingerprint density at radius 1 is 1.00 bits per heavy atom. The van der Waals surface area contributed by atoms with Crippen LogP contribution in [-0.4, -0.2) is 26.1 Å². The first kappa shape index (κ1) is 19.4. The van der Waals surface area contributed by atoms with Gasteiger partial charge in [0.1, 0.15) is 5.75 Å². The van der Waals surface area contributed by atoms with Crippen LogP contribution in [0.3, 0.4) is 0 Å². The third-order valence-corrected chi connectivity index (χ3v) is 5.31. The first-order valence-electron chi connectivity index (χ1n) is 9.98. The van der Waals surface area contributed by atoms with Gasteiger partial charge in [-0.15, -0.1) is 0 Å². The summed E-state index contributed by atoms with van der Waals surface area (Å²) in [5, 5.41) is 6.17. The molecule has 1 aliphatic carbocycles. The number of ether oxygens (including phenoxy) is 1. The summed E-state index contributed by atoms with van der Waals surface area (Å²) in [4.78, 5) is 12.1. The van der Waals surface area contributed by atoms with Crippen LogP contribution in [0.2, 0.25) is 0 Å². The molecule has 1 fully saturated rings. The number of hydrogen-bond acceptors (Lipinski definition) is 3. The zero-order valence-corrected chi connectivity index (χ0v) is 16.2. The van der Waals surface area contributed by atoms with Gasteiger partial charge < -0.3 is 15.4 Å². The molecule has 27 heavy (non-hydrogen) atoms. The first-order chi connectivity index (χ1) is 13.2. The van der Waals surface area contributed by atoms with Crippen LogP contribution in [-0.2, 0) is 11.2 Å². The molecule has 2 aromatic rings. The van der Waals surface area contributed by atoms with E-state index in [2.05, 4.69) is 34.9 Å². The maximum absolute atomic E-state index is 12.1. The minimum absolute atomic E-state index is 0.00449. The minimum Gasteiger partial charge on any atom is -0.497 e. The molecule has 0 radical (unpaired) electrons. The van der Waals surface area contributed by atoms with Crippen molar-refractivity contribution in [3.63, 3.8) is 0 Å². The molecular formula is C23H30N2O2. The molecule has 0 saturated heterocycles. The van der Waals surface area contributed by atoms with Crippen molar-refractivity contribution >= 4 is 11.6 Å². The number of hydrogen-bond donors (Lipinski definition) is 2. The molecule has 1 aliphatic rings. The maximum Gasteiger partial charge on any atom is 0.238 e. The molecule has 144 valence electrons. The number of anilines is 1. The number of carbonyl (C=O) groups excluding carboxylic acids is 1. The Morgan fingerprint density at radius 3 is 2.37 bits per heavy atom. The smallest absolute Gasteiger partial charge is 0.238 e. The van der Waals surface area contributed by atoms with Gasteiger partial charge in [-0.05, 0) is 67.1 Å². The van der Waals surface area contributed by atoms with Crippen molar-refractivity contribution in [3.8, 4) is 5.75 Å². The Kier molecular flexibility index (Phi) is 7.28. The fourth-order valence-electron chi connectivity index (χ4n) is 3.71. The largest absolute Gasteiger partial charge is 0.497 e. The lowest BCUT2D eigenvalue weighted by Crippen LogP contribution is -2.29. The quantitative estimate of drug-likeness (QED) is 0.676. The van der Waals surface area contributed by atoms with Gasteiger partial charge in [0.15, 0.2) is 0 Å².